The van der Waals surface area contributed by atoms with Crippen molar-refractivity contribution in [2.75, 3.05) is 0 Å². The largest absolute Gasteiger partial charge is 0.458 e. The van der Waals surface area contributed by atoms with E-state index in [-0.39, 0.29) is 11.3 Å². The van der Waals surface area contributed by atoms with Crippen LogP contribution in [0.25, 0.3) is 0 Å². The molecule has 0 rings (SSSR count). The van der Waals surface area contributed by atoms with Gasteiger partial charge in [0.05, 0.1) is 0 Å². The summed E-state index contributed by atoms with van der Waals surface area (Å²) in [6, 6.07) is -0.607. The van der Waals surface area contributed by atoms with Crippen LogP contribution in [-0.4, -0.2) is 23.5 Å². The van der Waals surface area contributed by atoms with E-state index in [9.17, 15) is 9.59 Å². The van der Waals surface area contributed by atoms with E-state index < -0.39 is 17.6 Å². The summed E-state index contributed by atoms with van der Waals surface area (Å²) in [7, 11) is 0. The van der Waals surface area contributed by atoms with Crippen molar-refractivity contribution in [3.8, 4) is 0 Å². The summed E-state index contributed by atoms with van der Waals surface area (Å²) in [5.41, 5.74) is -0.613. The van der Waals surface area contributed by atoms with E-state index in [2.05, 4.69) is 5.32 Å². The van der Waals surface area contributed by atoms with Crippen LogP contribution in [0.2, 0.25) is 0 Å². The predicted molar refractivity (Wildman–Crippen MR) is 67.5 cm³/mol. The van der Waals surface area contributed by atoms with Crippen LogP contribution in [0.3, 0.4) is 0 Å². The Morgan fingerprint density at radius 2 is 1.59 bits per heavy atom. The van der Waals surface area contributed by atoms with E-state index in [0.29, 0.717) is 6.42 Å². The van der Waals surface area contributed by atoms with Gasteiger partial charge in [-0.1, -0.05) is 20.8 Å². The molecule has 0 bridgehead atoms. The molecular formula is C13H25NO3. The lowest BCUT2D eigenvalue weighted by Crippen LogP contribution is -2.43. The molecule has 0 aliphatic heterocycles. The quantitative estimate of drug-likeness (QED) is 0.774. The fraction of sp³-hybridized carbons (Fsp3) is 0.846. The molecule has 100 valence electrons. The normalized spacial score (nSPS) is 14.1. The number of carbonyl (C=O) groups excluding carboxylic acids is 2. The second-order valence-corrected chi connectivity index (χ2v) is 6.56. The van der Waals surface area contributed by atoms with Crippen LogP contribution in [0, 0.1) is 5.41 Å². The summed E-state index contributed by atoms with van der Waals surface area (Å²) in [5, 5.41) is 2.65. The molecule has 1 atom stereocenters. The Morgan fingerprint density at radius 3 is 1.94 bits per heavy atom. The zero-order valence-corrected chi connectivity index (χ0v) is 12.0. The lowest BCUT2D eigenvalue weighted by molar-refractivity contribution is -0.158. The Bertz CT molecular complexity index is 284. The number of carbonyl (C=O) groups is 2. The highest BCUT2D eigenvalue weighted by Gasteiger charge is 2.24. The number of hydrogen-bond acceptors (Lipinski definition) is 3. The van der Waals surface area contributed by atoms with E-state index in [1.807, 2.05) is 20.8 Å². The highest BCUT2D eigenvalue weighted by atomic mass is 16.6. The number of nitrogens with one attached hydrogen (secondary N) is 1. The summed E-state index contributed by atoms with van der Waals surface area (Å²) in [6.45, 7) is 13.0. The van der Waals surface area contributed by atoms with Crippen molar-refractivity contribution in [1.29, 1.82) is 0 Å². The average Bonchev–Trinajstić information content (AvgIpc) is 1.95. The molecule has 0 saturated heterocycles. The first kappa shape index (κ1) is 15.9. The smallest absolute Gasteiger partial charge is 0.328 e. The van der Waals surface area contributed by atoms with Gasteiger partial charge in [0.2, 0.25) is 5.91 Å². The number of rotatable bonds is 3. The van der Waals surface area contributed by atoms with Gasteiger partial charge < -0.3 is 10.1 Å². The van der Waals surface area contributed by atoms with Gasteiger partial charge in [0.25, 0.3) is 0 Å². The Hall–Kier alpha value is -1.06. The topological polar surface area (TPSA) is 55.4 Å². The van der Waals surface area contributed by atoms with Crippen molar-refractivity contribution < 1.29 is 14.3 Å². The Balaban J connectivity index is 4.22. The molecule has 4 heteroatoms. The molecule has 0 aromatic rings. The van der Waals surface area contributed by atoms with Crippen molar-refractivity contribution in [2.45, 2.75) is 66.5 Å². The Labute approximate surface area is 104 Å². The SMILES string of the molecule is C[C@H](NC(=O)CC(C)(C)C)C(=O)OC(C)(C)C. The third-order valence-electron chi connectivity index (χ3n) is 1.83. The molecule has 0 unspecified atom stereocenters. The Kier molecular flexibility index (Phi) is 5.17. The molecule has 0 aromatic carbocycles. The maximum absolute atomic E-state index is 11.6. The molecule has 0 aliphatic carbocycles. The fourth-order valence-corrected chi connectivity index (χ4v) is 1.22. The third-order valence-corrected chi connectivity index (χ3v) is 1.83. The minimum absolute atomic E-state index is 0.0856. The zero-order valence-electron chi connectivity index (χ0n) is 12.0. The van der Waals surface area contributed by atoms with Crippen molar-refractivity contribution in [1.82, 2.24) is 5.32 Å². The van der Waals surface area contributed by atoms with Gasteiger partial charge in [-0.15, -0.1) is 0 Å². The zero-order chi connectivity index (χ0) is 13.9. The molecule has 4 nitrogen and oxygen atoms in total. The molecule has 1 N–H and O–H groups in total. The van der Waals surface area contributed by atoms with Crippen molar-refractivity contribution in [2.24, 2.45) is 5.41 Å². The number of hydrogen-bond donors (Lipinski definition) is 1. The van der Waals surface area contributed by atoms with Gasteiger partial charge >= 0.3 is 5.97 Å². The summed E-state index contributed by atoms with van der Waals surface area (Å²) >= 11 is 0. The summed E-state index contributed by atoms with van der Waals surface area (Å²) in [5.74, 6) is -0.532. The molecule has 0 fully saturated rings. The first-order valence-electron chi connectivity index (χ1n) is 5.93. The lowest BCUT2D eigenvalue weighted by Gasteiger charge is -2.24. The van der Waals surface area contributed by atoms with Gasteiger partial charge in [0.1, 0.15) is 11.6 Å². The van der Waals surface area contributed by atoms with Crippen LogP contribution in [0.15, 0.2) is 0 Å². The van der Waals surface area contributed by atoms with Crippen molar-refractivity contribution in [3.63, 3.8) is 0 Å². The van der Waals surface area contributed by atoms with Crippen LogP contribution in [0.1, 0.15) is 54.9 Å². The molecule has 0 spiro atoms. The summed E-state index contributed by atoms with van der Waals surface area (Å²) in [4.78, 5) is 23.2. The first-order valence-corrected chi connectivity index (χ1v) is 5.93. The van der Waals surface area contributed by atoms with Gasteiger partial charge in [-0.25, -0.2) is 4.79 Å². The summed E-state index contributed by atoms with van der Waals surface area (Å²) in [6.07, 6.45) is 0.389. The second kappa shape index (κ2) is 5.52. The number of amides is 1. The molecule has 0 aromatic heterocycles. The molecule has 0 saturated carbocycles. The predicted octanol–water partition coefficient (Wildman–Crippen LogP) is 2.27. The molecule has 17 heavy (non-hydrogen) atoms. The first-order chi connectivity index (χ1) is 7.41. The monoisotopic (exact) mass is 243 g/mol. The fourth-order valence-electron chi connectivity index (χ4n) is 1.22. The van der Waals surface area contributed by atoms with Gasteiger partial charge in [-0.3, -0.25) is 4.79 Å². The van der Waals surface area contributed by atoms with E-state index in [4.69, 9.17) is 4.74 Å². The number of esters is 1. The standard InChI is InChI=1S/C13H25NO3/c1-9(11(16)17-13(5,6)7)14-10(15)8-12(2,3)4/h9H,8H2,1-7H3,(H,14,15)/t9-/m0/s1. The number of ether oxygens (including phenoxy) is 1. The molecule has 0 heterocycles. The highest BCUT2D eigenvalue weighted by molar-refractivity contribution is 5.84. The maximum Gasteiger partial charge on any atom is 0.328 e. The maximum atomic E-state index is 11.6. The van der Waals surface area contributed by atoms with Crippen LogP contribution < -0.4 is 5.32 Å². The average molecular weight is 243 g/mol. The minimum Gasteiger partial charge on any atom is -0.458 e. The van der Waals surface area contributed by atoms with Crippen LogP contribution in [-0.2, 0) is 14.3 Å². The van der Waals surface area contributed by atoms with E-state index >= 15 is 0 Å². The van der Waals surface area contributed by atoms with Gasteiger partial charge in [0, 0.05) is 6.42 Å². The Morgan fingerprint density at radius 1 is 1.12 bits per heavy atom. The van der Waals surface area contributed by atoms with Crippen molar-refractivity contribution >= 4 is 11.9 Å². The third kappa shape index (κ3) is 8.72. The highest BCUT2D eigenvalue weighted by Crippen LogP contribution is 2.18. The molecule has 0 aliphatic rings. The van der Waals surface area contributed by atoms with Crippen LogP contribution in [0.4, 0.5) is 0 Å². The van der Waals surface area contributed by atoms with Gasteiger partial charge in [-0.05, 0) is 33.1 Å². The van der Waals surface area contributed by atoms with Gasteiger partial charge in [-0.2, -0.15) is 0 Å². The lowest BCUT2D eigenvalue weighted by atomic mass is 9.92. The van der Waals surface area contributed by atoms with E-state index in [1.54, 1.807) is 27.7 Å². The summed E-state index contributed by atoms with van der Waals surface area (Å²) < 4.78 is 5.18. The second-order valence-electron chi connectivity index (χ2n) is 6.56. The van der Waals surface area contributed by atoms with E-state index in [1.165, 1.54) is 0 Å². The van der Waals surface area contributed by atoms with Gasteiger partial charge in [0.15, 0.2) is 0 Å². The molecular weight excluding hydrogens is 218 g/mol. The minimum atomic E-state index is -0.607. The van der Waals surface area contributed by atoms with Crippen molar-refractivity contribution in [3.05, 3.63) is 0 Å². The molecule has 0 radical (unpaired) electrons. The molecule has 1 amide bonds. The van der Waals surface area contributed by atoms with Crippen LogP contribution >= 0.6 is 0 Å². The van der Waals surface area contributed by atoms with Crippen LogP contribution in [0.5, 0.6) is 0 Å². The van der Waals surface area contributed by atoms with E-state index in [0.717, 1.165) is 0 Å².